The van der Waals surface area contributed by atoms with E-state index in [2.05, 4.69) is 70.4 Å². The van der Waals surface area contributed by atoms with Crippen LogP contribution in [0.1, 0.15) is 16.9 Å². The Hall–Kier alpha value is -2.76. The summed E-state index contributed by atoms with van der Waals surface area (Å²) >= 11 is 1.81. The lowest BCUT2D eigenvalue weighted by atomic mass is 10.1. The van der Waals surface area contributed by atoms with E-state index >= 15 is 0 Å². The van der Waals surface area contributed by atoms with Crippen molar-refractivity contribution in [2.75, 3.05) is 31.1 Å². The molecule has 152 valence electrons. The monoisotopic (exact) mass is 414 g/mol. The van der Waals surface area contributed by atoms with E-state index in [0.717, 1.165) is 49.7 Å². The van der Waals surface area contributed by atoms with Crippen molar-refractivity contribution in [1.29, 1.82) is 0 Å². The van der Waals surface area contributed by atoms with Crippen LogP contribution in [-0.4, -0.2) is 41.0 Å². The van der Waals surface area contributed by atoms with Crippen molar-refractivity contribution < 1.29 is 0 Å². The van der Waals surface area contributed by atoms with Gasteiger partial charge in [-0.3, -0.25) is 9.88 Å². The van der Waals surface area contributed by atoms with Gasteiger partial charge in [0.05, 0.1) is 11.2 Å². The summed E-state index contributed by atoms with van der Waals surface area (Å²) in [5, 5.41) is 2.33. The maximum absolute atomic E-state index is 4.70. The highest BCUT2D eigenvalue weighted by Crippen LogP contribution is 2.30. The highest BCUT2D eigenvalue weighted by Gasteiger charge is 2.19. The van der Waals surface area contributed by atoms with Crippen LogP contribution in [0.5, 0.6) is 0 Å². The first kappa shape index (κ1) is 19.2. The standard InChI is InChI=1S/C25H26N4S/c1-19-10-11-20-9-5-12-26-23(20)24(19)29-14-6-13-28(15-16-29)18-22-17-27-25(30-22)21-7-3-2-4-8-21/h2-5,7-12,17H,6,13-16,18H2,1H3. The number of hydrogen-bond acceptors (Lipinski definition) is 5. The number of aromatic nitrogens is 2. The fraction of sp³-hybridized carbons (Fsp3) is 0.280. The largest absolute Gasteiger partial charge is 0.368 e. The van der Waals surface area contributed by atoms with Gasteiger partial charge in [0.2, 0.25) is 0 Å². The average Bonchev–Trinajstić information content (AvgIpc) is 3.13. The molecule has 1 aliphatic rings. The summed E-state index contributed by atoms with van der Waals surface area (Å²) in [5.41, 5.74) is 4.94. The van der Waals surface area contributed by atoms with Gasteiger partial charge in [0.15, 0.2) is 0 Å². The molecule has 2 aromatic carbocycles. The molecule has 0 bridgehead atoms. The SMILES string of the molecule is Cc1ccc2cccnc2c1N1CCCN(Cc2cnc(-c3ccccc3)s2)CC1. The predicted octanol–water partition coefficient (Wildman–Crippen LogP) is 5.38. The van der Waals surface area contributed by atoms with Crippen LogP contribution >= 0.6 is 11.3 Å². The normalized spacial score (nSPS) is 15.4. The van der Waals surface area contributed by atoms with Crippen LogP contribution in [0.3, 0.4) is 0 Å². The summed E-state index contributed by atoms with van der Waals surface area (Å²) in [5.74, 6) is 0. The molecule has 1 saturated heterocycles. The van der Waals surface area contributed by atoms with Gasteiger partial charge in [0, 0.05) is 60.9 Å². The molecule has 0 spiro atoms. The molecule has 1 aliphatic heterocycles. The predicted molar refractivity (Wildman–Crippen MR) is 126 cm³/mol. The summed E-state index contributed by atoms with van der Waals surface area (Å²) in [6.07, 6.45) is 5.12. The van der Waals surface area contributed by atoms with E-state index in [0.29, 0.717) is 0 Å². The number of benzene rings is 2. The first-order valence-corrected chi connectivity index (χ1v) is 11.4. The fourth-order valence-corrected chi connectivity index (χ4v) is 5.26. The van der Waals surface area contributed by atoms with E-state index in [1.165, 1.54) is 27.1 Å². The summed E-state index contributed by atoms with van der Waals surface area (Å²) in [7, 11) is 0. The second kappa shape index (κ2) is 8.54. The van der Waals surface area contributed by atoms with Crippen LogP contribution < -0.4 is 4.90 Å². The molecule has 5 rings (SSSR count). The quantitative estimate of drug-likeness (QED) is 0.449. The van der Waals surface area contributed by atoms with Crippen LogP contribution in [0.4, 0.5) is 5.69 Å². The Morgan fingerprint density at radius 3 is 2.70 bits per heavy atom. The maximum Gasteiger partial charge on any atom is 0.123 e. The zero-order valence-electron chi connectivity index (χ0n) is 17.3. The van der Waals surface area contributed by atoms with Crippen LogP contribution in [-0.2, 0) is 6.54 Å². The Kier molecular flexibility index (Phi) is 5.47. The van der Waals surface area contributed by atoms with E-state index in [-0.39, 0.29) is 0 Å². The van der Waals surface area contributed by atoms with Crippen molar-refractivity contribution in [3.8, 4) is 10.6 Å². The van der Waals surface area contributed by atoms with Gasteiger partial charge in [0.25, 0.3) is 0 Å². The maximum atomic E-state index is 4.70. The molecular weight excluding hydrogens is 388 g/mol. The Morgan fingerprint density at radius 2 is 1.80 bits per heavy atom. The van der Waals surface area contributed by atoms with Crippen molar-refractivity contribution in [2.24, 2.45) is 0 Å². The Morgan fingerprint density at radius 1 is 0.900 bits per heavy atom. The summed E-state index contributed by atoms with van der Waals surface area (Å²) in [4.78, 5) is 15.8. The molecule has 1 fully saturated rings. The van der Waals surface area contributed by atoms with E-state index in [1.54, 1.807) is 0 Å². The molecule has 4 nitrogen and oxygen atoms in total. The van der Waals surface area contributed by atoms with Gasteiger partial charge in [-0.05, 0) is 25.0 Å². The Labute approximate surface area is 181 Å². The van der Waals surface area contributed by atoms with Crippen LogP contribution in [0.2, 0.25) is 0 Å². The fourth-order valence-electron chi connectivity index (χ4n) is 4.30. The van der Waals surface area contributed by atoms with E-state index in [9.17, 15) is 0 Å². The third kappa shape index (κ3) is 3.95. The lowest BCUT2D eigenvalue weighted by molar-refractivity contribution is 0.288. The second-order valence-electron chi connectivity index (χ2n) is 7.92. The third-order valence-corrected chi connectivity index (χ3v) is 6.84. The van der Waals surface area contributed by atoms with Gasteiger partial charge in [-0.15, -0.1) is 11.3 Å². The minimum absolute atomic E-state index is 0.977. The van der Waals surface area contributed by atoms with Gasteiger partial charge >= 0.3 is 0 Å². The summed E-state index contributed by atoms with van der Waals surface area (Å²) in [6.45, 7) is 7.46. The molecule has 2 aromatic heterocycles. The lowest BCUT2D eigenvalue weighted by Crippen LogP contribution is -2.31. The number of fused-ring (bicyclic) bond motifs is 1. The molecule has 0 radical (unpaired) electrons. The van der Waals surface area contributed by atoms with E-state index in [1.807, 2.05) is 29.7 Å². The summed E-state index contributed by atoms with van der Waals surface area (Å²) < 4.78 is 0. The molecular formula is C25H26N4S. The number of rotatable bonds is 4. The zero-order valence-corrected chi connectivity index (χ0v) is 18.1. The van der Waals surface area contributed by atoms with Crippen molar-refractivity contribution >= 4 is 27.9 Å². The molecule has 30 heavy (non-hydrogen) atoms. The van der Waals surface area contributed by atoms with Crippen molar-refractivity contribution in [3.63, 3.8) is 0 Å². The van der Waals surface area contributed by atoms with Gasteiger partial charge in [-0.2, -0.15) is 0 Å². The molecule has 4 aromatic rings. The van der Waals surface area contributed by atoms with Gasteiger partial charge in [0.1, 0.15) is 5.01 Å². The van der Waals surface area contributed by atoms with E-state index < -0.39 is 0 Å². The van der Waals surface area contributed by atoms with E-state index in [4.69, 9.17) is 4.98 Å². The van der Waals surface area contributed by atoms with Gasteiger partial charge < -0.3 is 4.90 Å². The molecule has 0 N–H and O–H groups in total. The first-order chi connectivity index (χ1) is 14.8. The smallest absolute Gasteiger partial charge is 0.123 e. The molecule has 0 amide bonds. The first-order valence-electron chi connectivity index (χ1n) is 10.6. The highest BCUT2D eigenvalue weighted by molar-refractivity contribution is 7.15. The summed E-state index contributed by atoms with van der Waals surface area (Å²) in [6, 6.07) is 19.0. The molecule has 3 heterocycles. The second-order valence-corrected chi connectivity index (χ2v) is 9.04. The van der Waals surface area contributed by atoms with Gasteiger partial charge in [-0.25, -0.2) is 4.98 Å². The molecule has 0 atom stereocenters. The Bertz CT molecular complexity index is 1140. The van der Waals surface area contributed by atoms with Crippen molar-refractivity contribution in [1.82, 2.24) is 14.9 Å². The number of aryl methyl sites for hydroxylation is 1. The Balaban J connectivity index is 1.30. The topological polar surface area (TPSA) is 32.3 Å². The van der Waals surface area contributed by atoms with Crippen LogP contribution in [0.15, 0.2) is 67.0 Å². The number of pyridine rings is 1. The van der Waals surface area contributed by atoms with Crippen molar-refractivity contribution in [2.45, 2.75) is 19.9 Å². The number of thiazole rings is 1. The van der Waals surface area contributed by atoms with Gasteiger partial charge in [-0.1, -0.05) is 48.5 Å². The third-order valence-electron chi connectivity index (χ3n) is 5.81. The minimum atomic E-state index is 0.977. The lowest BCUT2D eigenvalue weighted by Gasteiger charge is -2.26. The van der Waals surface area contributed by atoms with Crippen LogP contribution in [0, 0.1) is 6.92 Å². The molecule has 0 saturated carbocycles. The molecule has 0 aliphatic carbocycles. The number of anilines is 1. The minimum Gasteiger partial charge on any atom is -0.368 e. The molecule has 0 unspecified atom stereocenters. The zero-order chi connectivity index (χ0) is 20.3. The highest BCUT2D eigenvalue weighted by atomic mass is 32.1. The number of nitrogens with zero attached hydrogens (tertiary/aromatic N) is 4. The molecule has 5 heteroatoms. The average molecular weight is 415 g/mol. The van der Waals surface area contributed by atoms with Crippen LogP contribution in [0.25, 0.3) is 21.5 Å². The van der Waals surface area contributed by atoms with Crippen molar-refractivity contribution in [3.05, 3.63) is 77.4 Å². The number of hydrogen-bond donors (Lipinski definition) is 0.